The number of hydrogen-bond acceptors (Lipinski definition) is 4. The molecule has 2 fully saturated rings. The molecule has 0 atom stereocenters. The maximum atomic E-state index is 11.4. The van der Waals surface area contributed by atoms with Gasteiger partial charge in [-0.05, 0) is 62.4 Å². The fourth-order valence-corrected chi connectivity index (χ4v) is 3.71. The minimum absolute atomic E-state index is 0.0890. The van der Waals surface area contributed by atoms with Crippen LogP contribution in [0.25, 0.3) is 0 Å². The number of carbonyl (C=O) groups is 1. The van der Waals surface area contributed by atoms with Gasteiger partial charge in [0.25, 0.3) is 0 Å². The molecular weight excluding hydrogens is 315 g/mol. The Hall–Kier alpha value is -1.75. The Morgan fingerprint density at radius 1 is 1.24 bits per heavy atom. The molecule has 1 aliphatic heterocycles. The van der Waals surface area contributed by atoms with E-state index >= 15 is 0 Å². The molecule has 1 saturated carbocycles. The lowest BCUT2D eigenvalue weighted by molar-refractivity contribution is -0.142. The van der Waals surface area contributed by atoms with E-state index in [1.54, 1.807) is 0 Å². The summed E-state index contributed by atoms with van der Waals surface area (Å²) in [5.74, 6) is 1.62. The topological polar surface area (TPSA) is 44.8 Å². The van der Waals surface area contributed by atoms with Gasteiger partial charge >= 0.3 is 13.1 Å². The summed E-state index contributed by atoms with van der Waals surface area (Å²) in [6.45, 7) is 7.86. The van der Waals surface area contributed by atoms with Crippen molar-refractivity contribution in [3.63, 3.8) is 0 Å². The molecule has 5 heteroatoms. The van der Waals surface area contributed by atoms with Crippen molar-refractivity contribution >= 4 is 18.6 Å². The van der Waals surface area contributed by atoms with Gasteiger partial charge < -0.3 is 14.0 Å². The maximum absolute atomic E-state index is 11.4. The highest BCUT2D eigenvalue weighted by Crippen LogP contribution is 2.37. The van der Waals surface area contributed by atoms with Crippen molar-refractivity contribution in [2.45, 2.75) is 57.5 Å². The van der Waals surface area contributed by atoms with Gasteiger partial charge in [-0.15, -0.1) is 0 Å². The highest BCUT2D eigenvalue weighted by atomic mass is 16.7. The Morgan fingerprint density at radius 3 is 2.40 bits per heavy atom. The van der Waals surface area contributed by atoms with Crippen LogP contribution in [0.4, 0.5) is 0 Å². The lowest BCUT2D eigenvalue weighted by Gasteiger charge is -2.28. The smallest absolute Gasteiger partial charge is 0.534 e. The molecule has 0 unspecified atom stereocenters. The highest BCUT2D eigenvalue weighted by Gasteiger charge is 2.42. The standard InChI is InChI=1S/C20H27BO4/c1-14-20(2,3)25-21(24-14)18-11-9-17(10-12-18)16-7-5-15(6-8-16)13-19(22)23-4/h9-12,15-16H,1,5-8,13H2,2-4H3. The van der Waals surface area contributed by atoms with Crippen LogP contribution < -0.4 is 5.46 Å². The van der Waals surface area contributed by atoms with Gasteiger partial charge in [-0.1, -0.05) is 30.8 Å². The summed E-state index contributed by atoms with van der Waals surface area (Å²) < 4.78 is 16.5. The normalized spacial score (nSPS) is 25.6. The first-order chi connectivity index (χ1) is 11.9. The van der Waals surface area contributed by atoms with Gasteiger partial charge in [-0.25, -0.2) is 0 Å². The second kappa shape index (κ2) is 7.24. The highest BCUT2D eigenvalue weighted by molar-refractivity contribution is 6.62. The van der Waals surface area contributed by atoms with E-state index in [0.717, 1.165) is 31.1 Å². The number of ether oxygens (including phenoxy) is 1. The Labute approximate surface area is 150 Å². The van der Waals surface area contributed by atoms with Crippen LogP contribution in [-0.4, -0.2) is 25.8 Å². The molecule has 0 amide bonds. The first-order valence-electron chi connectivity index (χ1n) is 9.09. The van der Waals surface area contributed by atoms with Crippen LogP contribution in [-0.2, 0) is 18.8 Å². The molecule has 4 nitrogen and oxygen atoms in total. The molecule has 2 aliphatic rings. The van der Waals surface area contributed by atoms with E-state index in [4.69, 9.17) is 14.0 Å². The van der Waals surface area contributed by atoms with Crippen molar-refractivity contribution in [3.05, 3.63) is 42.2 Å². The molecule has 1 aliphatic carbocycles. The molecule has 3 rings (SSSR count). The van der Waals surface area contributed by atoms with Crippen LogP contribution >= 0.6 is 0 Å². The Balaban J connectivity index is 1.57. The lowest BCUT2D eigenvalue weighted by Crippen LogP contribution is -2.34. The third-order valence-electron chi connectivity index (χ3n) is 5.53. The zero-order chi connectivity index (χ0) is 18.0. The van der Waals surface area contributed by atoms with E-state index in [1.807, 2.05) is 13.8 Å². The van der Waals surface area contributed by atoms with Crippen molar-refractivity contribution < 1.29 is 18.8 Å². The Bertz CT molecular complexity index is 630. The van der Waals surface area contributed by atoms with E-state index < -0.39 is 5.60 Å². The maximum Gasteiger partial charge on any atom is 0.563 e. The molecule has 1 heterocycles. The third-order valence-corrected chi connectivity index (χ3v) is 5.53. The molecular formula is C20H27BO4. The first kappa shape index (κ1) is 18.1. The van der Waals surface area contributed by atoms with E-state index in [-0.39, 0.29) is 13.1 Å². The Kier molecular flexibility index (Phi) is 5.23. The largest absolute Gasteiger partial charge is 0.563 e. The summed E-state index contributed by atoms with van der Waals surface area (Å²) in [6, 6.07) is 8.55. The van der Waals surface area contributed by atoms with Gasteiger partial charge in [0.1, 0.15) is 5.60 Å². The third kappa shape index (κ3) is 4.09. The average Bonchev–Trinajstić information content (AvgIpc) is 2.89. The molecule has 0 spiro atoms. The molecule has 1 saturated heterocycles. The first-order valence-corrected chi connectivity index (χ1v) is 9.09. The number of esters is 1. The summed E-state index contributed by atoms with van der Waals surface area (Å²) in [7, 11) is 1.09. The summed E-state index contributed by atoms with van der Waals surface area (Å²) >= 11 is 0. The van der Waals surface area contributed by atoms with Gasteiger partial charge in [0.2, 0.25) is 0 Å². The number of carbonyl (C=O) groups excluding carboxylic acids is 1. The SMILES string of the molecule is C=C1OB(c2ccc(C3CCC(CC(=O)OC)CC3)cc2)OC1(C)C. The molecule has 0 radical (unpaired) electrons. The fraction of sp³-hybridized carbons (Fsp3) is 0.550. The van der Waals surface area contributed by atoms with Crippen molar-refractivity contribution in [1.82, 2.24) is 0 Å². The van der Waals surface area contributed by atoms with Crippen LogP contribution in [0.1, 0.15) is 57.4 Å². The lowest BCUT2D eigenvalue weighted by atomic mass is 9.75. The molecule has 0 N–H and O–H groups in total. The summed E-state index contributed by atoms with van der Waals surface area (Å²) in [5.41, 5.74) is 1.94. The molecule has 0 bridgehead atoms. The van der Waals surface area contributed by atoms with Crippen LogP contribution in [0.2, 0.25) is 0 Å². The van der Waals surface area contributed by atoms with Gasteiger partial charge in [0.05, 0.1) is 12.9 Å². The molecule has 1 aromatic carbocycles. The monoisotopic (exact) mass is 342 g/mol. The quantitative estimate of drug-likeness (QED) is 0.620. The minimum atomic E-state index is -0.443. The Morgan fingerprint density at radius 2 is 1.88 bits per heavy atom. The van der Waals surface area contributed by atoms with Gasteiger partial charge in [-0.2, -0.15) is 0 Å². The zero-order valence-electron chi connectivity index (χ0n) is 15.4. The van der Waals surface area contributed by atoms with E-state index in [0.29, 0.717) is 24.0 Å². The zero-order valence-corrected chi connectivity index (χ0v) is 15.4. The fourth-order valence-electron chi connectivity index (χ4n) is 3.71. The van der Waals surface area contributed by atoms with Crippen LogP contribution in [0.5, 0.6) is 0 Å². The minimum Gasteiger partial charge on any atom is -0.534 e. The number of benzene rings is 1. The molecule has 134 valence electrons. The van der Waals surface area contributed by atoms with Crippen LogP contribution in [0, 0.1) is 5.92 Å². The predicted molar refractivity (Wildman–Crippen MR) is 98.6 cm³/mol. The average molecular weight is 342 g/mol. The van der Waals surface area contributed by atoms with E-state index in [9.17, 15) is 4.79 Å². The van der Waals surface area contributed by atoms with Gasteiger partial charge in [-0.3, -0.25) is 4.79 Å². The molecule has 25 heavy (non-hydrogen) atoms. The molecule has 0 aromatic heterocycles. The van der Waals surface area contributed by atoms with Crippen LogP contribution in [0.3, 0.4) is 0 Å². The summed E-state index contributed by atoms with van der Waals surface area (Å²) in [4.78, 5) is 11.4. The van der Waals surface area contributed by atoms with Crippen molar-refractivity contribution in [1.29, 1.82) is 0 Å². The van der Waals surface area contributed by atoms with E-state index in [2.05, 4.69) is 30.8 Å². The number of rotatable bonds is 4. The van der Waals surface area contributed by atoms with Gasteiger partial charge in [0, 0.05) is 6.42 Å². The van der Waals surface area contributed by atoms with Crippen molar-refractivity contribution in [3.8, 4) is 0 Å². The second-order valence-electron chi connectivity index (χ2n) is 7.67. The van der Waals surface area contributed by atoms with E-state index in [1.165, 1.54) is 12.7 Å². The predicted octanol–water partition coefficient (Wildman–Crippen LogP) is 3.56. The van der Waals surface area contributed by atoms with Crippen molar-refractivity contribution in [2.75, 3.05) is 7.11 Å². The van der Waals surface area contributed by atoms with Gasteiger partial charge in [0.15, 0.2) is 0 Å². The summed E-state index contributed by atoms with van der Waals surface area (Å²) in [6.07, 6.45) is 4.98. The van der Waals surface area contributed by atoms with Crippen LogP contribution in [0.15, 0.2) is 36.6 Å². The second-order valence-corrected chi connectivity index (χ2v) is 7.67. The summed E-state index contributed by atoms with van der Waals surface area (Å²) in [5, 5.41) is 0. The van der Waals surface area contributed by atoms with Crippen molar-refractivity contribution in [2.24, 2.45) is 5.92 Å². The molecule has 1 aromatic rings. The number of hydrogen-bond donors (Lipinski definition) is 0. The number of methoxy groups -OCH3 is 1.